The van der Waals surface area contributed by atoms with Gasteiger partial charge in [0.2, 0.25) is 5.91 Å². The quantitative estimate of drug-likeness (QED) is 0.169. The Hall–Kier alpha value is -0.810. The fourth-order valence-electron chi connectivity index (χ4n) is 4.90. The topological polar surface area (TPSA) is 138 Å². The molecule has 5 N–H and O–H groups in total. The van der Waals surface area contributed by atoms with Gasteiger partial charge < -0.3 is 40.0 Å². The van der Waals surface area contributed by atoms with Crippen LogP contribution in [0.25, 0.3) is 0 Å². The number of aliphatic hydroxyl groups excluding tert-OH is 4. The summed E-state index contributed by atoms with van der Waals surface area (Å²) >= 11 is 0. The van der Waals surface area contributed by atoms with Crippen LogP contribution in [0.3, 0.4) is 0 Å². The molecule has 0 aliphatic carbocycles. The lowest BCUT2D eigenvalue weighted by Gasteiger charge is -2.36. The lowest BCUT2D eigenvalue weighted by Crippen LogP contribution is -2.56. The highest BCUT2D eigenvalue weighted by Crippen LogP contribution is 2.30. The molecule has 9 heteroatoms. The van der Waals surface area contributed by atoms with Crippen LogP contribution in [-0.2, 0) is 19.0 Å². The number of rotatable bonds is 19. The average molecular weight is 504 g/mol. The molecule has 2 rings (SSSR count). The van der Waals surface area contributed by atoms with E-state index in [4.69, 9.17) is 14.2 Å². The standard InChI is InChI=1S/C26H49NO8/c1-3-4-5-6-7-8-9-10-11-12-13-14-15-20(29)22(30)19(27-18(2)28)16-34-26-24(32)25-23(31)21(35-26)17-33-25/h19-26,29-32H,3-17H2,1-2H3,(H,27,28)/t19-,20+,21?,22-,23-,24?,25+,26-/m0/s1. The molecule has 0 aromatic heterocycles. The highest BCUT2D eigenvalue weighted by atomic mass is 16.7. The number of aliphatic hydroxyl groups is 4. The fraction of sp³-hybridized carbons (Fsp3) is 0.962. The summed E-state index contributed by atoms with van der Waals surface area (Å²) in [6.45, 7) is 3.57. The minimum Gasteiger partial charge on any atom is -0.390 e. The van der Waals surface area contributed by atoms with Crippen LogP contribution in [0.15, 0.2) is 0 Å². The second kappa shape index (κ2) is 16.8. The second-order valence-corrected chi connectivity index (χ2v) is 10.2. The summed E-state index contributed by atoms with van der Waals surface area (Å²) < 4.78 is 16.5. The molecule has 35 heavy (non-hydrogen) atoms. The normalized spacial score (nSPS) is 28.6. The van der Waals surface area contributed by atoms with E-state index < -0.39 is 49.0 Å². The van der Waals surface area contributed by atoms with Crippen molar-refractivity contribution in [2.75, 3.05) is 13.2 Å². The first kappa shape index (κ1) is 30.4. The van der Waals surface area contributed by atoms with Gasteiger partial charge in [0.05, 0.1) is 25.4 Å². The molecular weight excluding hydrogens is 454 g/mol. The van der Waals surface area contributed by atoms with Gasteiger partial charge in [-0.3, -0.25) is 4.79 Å². The van der Waals surface area contributed by atoms with Crippen LogP contribution in [0.2, 0.25) is 0 Å². The number of unbranched alkanes of at least 4 members (excludes halogenated alkanes) is 11. The Morgan fingerprint density at radius 3 is 2.09 bits per heavy atom. The van der Waals surface area contributed by atoms with Crippen molar-refractivity contribution >= 4 is 5.91 Å². The Bertz CT molecular complexity index is 580. The minimum atomic E-state index is -1.22. The fourth-order valence-corrected chi connectivity index (χ4v) is 4.90. The van der Waals surface area contributed by atoms with Crippen molar-refractivity contribution in [3.05, 3.63) is 0 Å². The van der Waals surface area contributed by atoms with Gasteiger partial charge in [0.15, 0.2) is 6.29 Å². The van der Waals surface area contributed by atoms with Crippen molar-refractivity contribution in [1.82, 2.24) is 5.32 Å². The molecule has 2 bridgehead atoms. The summed E-state index contributed by atoms with van der Waals surface area (Å²) in [6.07, 6.45) is 8.32. The molecule has 206 valence electrons. The SMILES string of the molecule is CCCCCCCCCCCCCC[C@@H](O)[C@@H](O)[C@H](CO[C@H]1OC2CO[C@@H](C1O)[C@H]2O)NC(C)=O. The molecular formula is C26H49NO8. The van der Waals surface area contributed by atoms with Crippen molar-refractivity contribution in [3.8, 4) is 0 Å². The zero-order valence-corrected chi connectivity index (χ0v) is 21.6. The number of hydrogen-bond acceptors (Lipinski definition) is 8. The molecule has 0 spiro atoms. The van der Waals surface area contributed by atoms with Crippen LogP contribution in [0.5, 0.6) is 0 Å². The zero-order valence-electron chi connectivity index (χ0n) is 21.6. The number of fused-ring (bicyclic) bond motifs is 2. The van der Waals surface area contributed by atoms with Crippen molar-refractivity contribution < 1.29 is 39.4 Å². The first-order chi connectivity index (χ1) is 16.8. The number of hydrogen-bond donors (Lipinski definition) is 5. The molecule has 8 atom stereocenters. The Kier molecular flexibility index (Phi) is 14.6. The van der Waals surface area contributed by atoms with Crippen LogP contribution in [0, 0.1) is 0 Å². The van der Waals surface area contributed by atoms with Gasteiger partial charge in [-0.2, -0.15) is 0 Å². The maximum Gasteiger partial charge on any atom is 0.217 e. The van der Waals surface area contributed by atoms with E-state index in [9.17, 15) is 25.2 Å². The van der Waals surface area contributed by atoms with E-state index in [1.165, 1.54) is 64.7 Å². The Labute approximate surface area is 210 Å². The van der Waals surface area contributed by atoms with Gasteiger partial charge in [0.25, 0.3) is 0 Å². The summed E-state index contributed by atoms with van der Waals surface area (Å²) in [6, 6.07) is -0.860. The molecule has 0 aromatic carbocycles. The molecule has 2 saturated heterocycles. The highest BCUT2D eigenvalue weighted by molar-refractivity contribution is 5.73. The number of ether oxygens (including phenoxy) is 3. The van der Waals surface area contributed by atoms with Crippen LogP contribution >= 0.6 is 0 Å². The number of nitrogens with one attached hydrogen (secondary N) is 1. The summed E-state index contributed by atoms with van der Waals surface area (Å²) in [5, 5.41) is 44.0. The van der Waals surface area contributed by atoms with E-state index in [0.29, 0.717) is 6.42 Å². The van der Waals surface area contributed by atoms with E-state index in [1.807, 2.05) is 0 Å². The molecule has 0 radical (unpaired) electrons. The van der Waals surface area contributed by atoms with Crippen molar-refractivity contribution in [3.63, 3.8) is 0 Å². The Morgan fingerprint density at radius 2 is 1.51 bits per heavy atom. The monoisotopic (exact) mass is 503 g/mol. The molecule has 1 amide bonds. The summed E-state index contributed by atoms with van der Waals surface area (Å²) in [5.41, 5.74) is 0. The van der Waals surface area contributed by atoms with E-state index >= 15 is 0 Å². The maximum absolute atomic E-state index is 11.6. The smallest absolute Gasteiger partial charge is 0.217 e. The van der Waals surface area contributed by atoms with Gasteiger partial charge in [-0.1, -0.05) is 84.0 Å². The summed E-state index contributed by atoms with van der Waals surface area (Å²) in [7, 11) is 0. The van der Waals surface area contributed by atoms with Gasteiger partial charge in [-0.25, -0.2) is 0 Å². The summed E-state index contributed by atoms with van der Waals surface area (Å²) in [5.74, 6) is -0.362. The van der Waals surface area contributed by atoms with Crippen molar-refractivity contribution in [1.29, 1.82) is 0 Å². The average Bonchev–Trinajstić information content (AvgIpc) is 3.10. The Morgan fingerprint density at radius 1 is 0.943 bits per heavy atom. The largest absolute Gasteiger partial charge is 0.390 e. The van der Waals surface area contributed by atoms with Gasteiger partial charge in [-0.15, -0.1) is 0 Å². The van der Waals surface area contributed by atoms with Gasteiger partial charge in [-0.05, 0) is 6.42 Å². The van der Waals surface area contributed by atoms with E-state index in [2.05, 4.69) is 12.2 Å². The third kappa shape index (κ3) is 10.6. The third-order valence-electron chi connectivity index (χ3n) is 7.08. The predicted molar refractivity (Wildman–Crippen MR) is 132 cm³/mol. The maximum atomic E-state index is 11.6. The second-order valence-electron chi connectivity index (χ2n) is 10.2. The summed E-state index contributed by atoms with van der Waals surface area (Å²) in [4.78, 5) is 11.6. The number of carbonyl (C=O) groups excluding carboxylic acids is 1. The lowest BCUT2D eigenvalue weighted by molar-refractivity contribution is -0.265. The van der Waals surface area contributed by atoms with Gasteiger partial charge >= 0.3 is 0 Å². The van der Waals surface area contributed by atoms with E-state index in [-0.39, 0.29) is 19.1 Å². The van der Waals surface area contributed by atoms with Crippen molar-refractivity contribution in [2.45, 2.75) is 146 Å². The van der Waals surface area contributed by atoms with E-state index in [1.54, 1.807) is 0 Å². The Balaban J connectivity index is 1.61. The number of carbonyl (C=O) groups is 1. The van der Waals surface area contributed by atoms with Gasteiger partial charge in [0.1, 0.15) is 30.5 Å². The van der Waals surface area contributed by atoms with Crippen LogP contribution in [-0.4, -0.2) is 88.5 Å². The molecule has 2 fully saturated rings. The molecule has 0 saturated carbocycles. The van der Waals surface area contributed by atoms with Gasteiger partial charge in [0, 0.05) is 6.92 Å². The molecule has 9 nitrogen and oxygen atoms in total. The first-order valence-electron chi connectivity index (χ1n) is 13.7. The molecule has 2 aliphatic heterocycles. The highest BCUT2D eigenvalue weighted by Gasteiger charge is 2.50. The molecule has 2 unspecified atom stereocenters. The first-order valence-corrected chi connectivity index (χ1v) is 13.7. The zero-order chi connectivity index (χ0) is 25.6. The van der Waals surface area contributed by atoms with E-state index in [0.717, 1.165) is 19.3 Å². The molecule has 2 heterocycles. The van der Waals surface area contributed by atoms with Crippen LogP contribution in [0.4, 0.5) is 0 Å². The predicted octanol–water partition coefficient (Wildman–Crippen LogP) is 2.17. The van der Waals surface area contributed by atoms with Crippen LogP contribution in [0.1, 0.15) is 97.3 Å². The van der Waals surface area contributed by atoms with Crippen molar-refractivity contribution in [2.24, 2.45) is 0 Å². The lowest BCUT2D eigenvalue weighted by atomic mass is 9.99. The molecule has 0 aromatic rings. The molecule has 2 aliphatic rings. The third-order valence-corrected chi connectivity index (χ3v) is 7.08. The minimum absolute atomic E-state index is 0.159. The number of amides is 1. The van der Waals surface area contributed by atoms with Crippen LogP contribution < -0.4 is 5.32 Å².